The molecule has 1 aromatic heterocycles. The predicted molar refractivity (Wildman–Crippen MR) is 110 cm³/mol. The van der Waals surface area contributed by atoms with Crippen LogP contribution in [0, 0.1) is 5.92 Å². The number of oxazole rings is 1. The van der Waals surface area contributed by atoms with Gasteiger partial charge in [-0.25, -0.2) is 10.4 Å². The summed E-state index contributed by atoms with van der Waals surface area (Å²) in [4.78, 5) is 19.6. The number of amides is 1. The van der Waals surface area contributed by atoms with Crippen LogP contribution in [0.1, 0.15) is 31.1 Å². The van der Waals surface area contributed by atoms with Crippen LogP contribution in [-0.4, -0.2) is 54.1 Å². The third-order valence-corrected chi connectivity index (χ3v) is 6.40. The fourth-order valence-electron chi connectivity index (χ4n) is 4.60. The van der Waals surface area contributed by atoms with Crippen LogP contribution in [0.25, 0.3) is 11.1 Å². The van der Waals surface area contributed by atoms with Crippen molar-refractivity contribution in [2.45, 2.75) is 37.3 Å². The van der Waals surface area contributed by atoms with Gasteiger partial charge in [0.05, 0.1) is 0 Å². The highest BCUT2D eigenvalue weighted by molar-refractivity contribution is 6.31. The highest BCUT2D eigenvalue weighted by atomic mass is 35.5. The number of hydrogen-bond acceptors (Lipinski definition) is 6. The van der Waals surface area contributed by atoms with Gasteiger partial charge in [0.25, 0.3) is 0 Å². The lowest BCUT2D eigenvalue weighted by Crippen LogP contribution is -2.52. The number of hydrazine groups is 1. The van der Waals surface area contributed by atoms with Crippen molar-refractivity contribution in [3.05, 3.63) is 29.1 Å². The molecule has 3 aliphatic rings. The number of nitrogens with zero attached hydrogens (tertiary/aromatic N) is 2. The van der Waals surface area contributed by atoms with E-state index in [-0.39, 0.29) is 30.3 Å². The molecular weight excluding hydrogens is 401 g/mol. The Kier molecular flexibility index (Phi) is 5.81. The molecule has 3 unspecified atom stereocenters. The van der Waals surface area contributed by atoms with E-state index in [1.807, 2.05) is 23.1 Å². The zero-order valence-electron chi connectivity index (χ0n) is 15.5. The quantitative estimate of drug-likeness (QED) is 0.682. The lowest BCUT2D eigenvalue weighted by atomic mass is 9.88. The van der Waals surface area contributed by atoms with Crippen molar-refractivity contribution < 1.29 is 9.21 Å². The Morgan fingerprint density at radius 1 is 1.21 bits per heavy atom. The van der Waals surface area contributed by atoms with Crippen LogP contribution in [-0.2, 0) is 4.79 Å². The normalized spacial score (nSPS) is 28.2. The molecule has 152 valence electrons. The number of halogens is 2. The van der Waals surface area contributed by atoms with E-state index in [9.17, 15) is 4.79 Å². The number of fused-ring (bicyclic) bond motifs is 2. The van der Waals surface area contributed by atoms with Gasteiger partial charge in [0.2, 0.25) is 5.91 Å². The molecule has 7 nitrogen and oxygen atoms in total. The molecule has 3 aliphatic heterocycles. The molecule has 1 amide bonds. The fraction of sp³-hybridized carbons (Fsp3) is 0.579. The minimum atomic E-state index is -0.134. The smallest absolute Gasteiger partial charge is 0.241 e. The van der Waals surface area contributed by atoms with Crippen LogP contribution >= 0.6 is 24.0 Å². The second-order valence-electron chi connectivity index (χ2n) is 7.79. The Morgan fingerprint density at radius 3 is 2.86 bits per heavy atom. The van der Waals surface area contributed by atoms with E-state index in [2.05, 4.69) is 21.2 Å². The SMILES string of the molecule is Cl.O=C(C1NNC2CCNCC21)N1CCC(c2nc3cc(Cl)ccc3o2)CC1. The van der Waals surface area contributed by atoms with Crippen molar-refractivity contribution in [3.63, 3.8) is 0 Å². The van der Waals surface area contributed by atoms with E-state index in [4.69, 9.17) is 16.0 Å². The van der Waals surface area contributed by atoms with Crippen molar-refractivity contribution in [2.75, 3.05) is 26.2 Å². The molecule has 0 radical (unpaired) electrons. The van der Waals surface area contributed by atoms with Gasteiger partial charge in [-0.2, -0.15) is 0 Å². The molecule has 3 N–H and O–H groups in total. The molecule has 2 aromatic rings. The molecule has 0 bridgehead atoms. The number of nitrogens with one attached hydrogen (secondary N) is 3. The minimum absolute atomic E-state index is 0. The molecule has 3 atom stereocenters. The Hall–Kier alpha value is -1.38. The number of aromatic nitrogens is 1. The van der Waals surface area contributed by atoms with E-state index in [1.54, 1.807) is 0 Å². The monoisotopic (exact) mass is 425 g/mol. The maximum atomic E-state index is 13.0. The van der Waals surface area contributed by atoms with Crippen LogP contribution in [0.3, 0.4) is 0 Å². The van der Waals surface area contributed by atoms with Crippen LogP contribution in [0.2, 0.25) is 5.02 Å². The number of rotatable bonds is 2. The second-order valence-corrected chi connectivity index (χ2v) is 8.23. The Morgan fingerprint density at radius 2 is 2.04 bits per heavy atom. The molecule has 28 heavy (non-hydrogen) atoms. The lowest BCUT2D eigenvalue weighted by Gasteiger charge is -2.34. The van der Waals surface area contributed by atoms with Crippen molar-refractivity contribution in [3.8, 4) is 0 Å². The van der Waals surface area contributed by atoms with E-state index in [1.165, 1.54) is 0 Å². The zero-order valence-corrected chi connectivity index (χ0v) is 17.1. The number of piperidine rings is 2. The fourth-order valence-corrected chi connectivity index (χ4v) is 4.76. The predicted octanol–water partition coefficient (Wildman–Crippen LogP) is 2.06. The molecule has 3 fully saturated rings. The maximum absolute atomic E-state index is 13.0. The first-order chi connectivity index (χ1) is 13.2. The molecule has 5 rings (SSSR count). The van der Waals surface area contributed by atoms with Crippen LogP contribution in [0.5, 0.6) is 0 Å². The van der Waals surface area contributed by atoms with E-state index < -0.39 is 0 Å². The summed E-state index contributed by atoms with van der Waals surface area (Å²) < 4.78 is 5.92. The Labute approximate surface area is 174 Å². The summed E-state index contributed by atoms with van der Waals surface area (Å²) in [6, 6.07) is 5.77. The van der Waals surface area contributed by atoms with Gasteiger partial charge in [0.15, 0.2) is 11.5 Å². The maximum Gasteiger partial charge on any atom is 0.241 e. The van der Waals surface area contributed by atoms with Crippen LogP contribution in [0.4, 0.5) is 0 Å². The summed E-state index contributed by atoms with van der Waals surface area (Å²) in [5.41, 5.74) is 8.11. The van der Waals surface area contributed by atoms with Gasteiger partial charge in [-0.15, -0.1) is 12.4 Å². The summed E-state index contributed by atoms with van der Waals surface area (Å²) in [6.07, 6.45) is 2.81. The first-order valence-electron chi connectivity index (χ1n) is 9.75. The van der Waals surface area contributed by atoms with Gasteiger partial charge in [0, 0.05) is 42.5 Å². The first-order valence-corrected chi connectivity index (χ1v) is 10.1. The summed E-state index contributed by atoms with van der Waals surface area (Å²) in [6.45, 7) is 3.39. The Bertz CT molecular complexity index is 852. The topological polar surface area (TPSA) is 82.4 Å². The zero-order chi connectivity index (χ0) is 18.4. The van der Waals surface area contributed by atoms with Gasteiger partial charge < -0.3 is 14.6 Å². The van der Waals surface area contributed by atoms with E-state index in [0.29, 0.717) is 17.0 Å². The molecular formula is C19H25Cl2N5O2. The van der Waals surface area contributed by atoms with E-state index >= 15 is 0 Å². The minimum Gasteiger partial charge on any atom is -0.440 e. The molecule has 4 heterocycles. The number of benzene rings is 1. The molecule has 9 heteroatoms. The van der Waals surface area contributed by atoms with Crippen molar-refractivity contribution in [1.29, 1.82) is 0 Å². The molecule has 1 aromatic carbocycles. The molecule has 0 saturated carbocycles. The third-order valence-electron chi connectivity index (χ3n) is 6.17. The first kappa shape index (κ1) is 19.9. The molecule has 0 aliphatic carbocycles. The average molecular weight is 426 g/mol. The van der Waals surface area contributed by atoms with Gasteiger partial charge in [-0.1, -0.05) is 11.6 Å². The summed E-state index contributed by atoms with van der Waals surface area (Å²) in [5.74, 6) is 1.54. The van der Waals surface area contributed by atoms with Crippen molar-refractivity contribution in [2.24, 2.45) is 5.92 Å². The summed E-state index contributed by atoms with van der Waals surface area (Å²) in [5, 5.41) is 4.07. The van der Waals surface area contributed by atoms with Crippen LogP contribution < -0.4 is 16.2 Å². The average Bonchev–Trinajstić information content (AvgIpc) is 3.31. The molecule has 3 saturated heterocycles. The number of likely N-dealkylation sites (tertiary alicyclic amines) is 1. The highest BCUT2D eigenvalue weighted by Gasteiger charge is 2.43. The number of carbonyl (C=O) groups excluding carboxylic acids is 1. The number of carbonyl (C=O) groups is 1. The highest BCUT2D eigenvalue weighted by Crippen LogP contribution is 2.31. The Balaban J connectivity index is 0.00000192. The van der Waals surface area contributed by atoms with Crippen molar-refractivity contribution >= 4 is 41.0 Å². The molecule has 0 spiro atoms. The van der Waals surface area contributed by atoms with Gasteiger partial charge in [-0.05, 0) is 44.0 Å². The number of hydrogen-bond donors (Lipinski definition) is 3. The van der Waals surface area contributed by atoms with Gasteiger partial charge in [0.1, 0.15) is 11.6 Å². The van der Waals surface area contributed by atoms with Crippen LogP contribution in [0.15, 0.2) is 22.6 Å². The second kappa shape index (κ2) is 8.16. The largest absolute Gasteiger partial charge is 0.440 e. The summed E-state index contributed by atoms with van der Waals surface area (Å²) in [7, 11) is 0. The van der Waals surface area contributed by atoms with E-state index in [0.717, 1.165) is 62.4 Å². The third kappa shape index (κ3) is 3.62. The lowest BCUT2D eigenvalue weighted by molar-refractivity contribution is -0.135. The summed E-state index contributed by atoms with van der Waals surface area (Å²) >= 11 is 6.04. The van der Waals surface area contributed by atoms with Gasteiger partial charge in [-0.3, -0.25) is 10.2 Å². The standard InChI is InChI=1S/C19H24ClN5O2.ClH/c20-12-1-2-16-15(9-12)22-18(27-16)11-4-7-25(8-5-11)19(26)17-13-10-21-6-3-14(13)23-24-17;/h1-2,9,11,13-14,17,21,23-24H,3-8,10H2;1H. The van der Waals surface area contributed by atoms with Crippen molar-refractivity contribution in [1.82, 2.24) is 26.1 Å². The van der Waals surface area contributed by atoms with Gasteiger partial charge >= 0.3 is 0 Å².